The number of nitrogens with zero attached hydrogens (tertiary/aromatic N) is 2. The Morgan fingerprint density at radius 2 is 2.12 bits per heavy atom. The summed E-state index contributed by atoms with van der Waals surface area (Å²) in [5.74, 6) is 1.39. The normalized spacial score (nSPS) is 17.3. The lowest BCUT2D eigenvalue weighted by Crippen LogP contribution is -2.10. The summed E-state index contributed by atoms with van der Waals surface area (Å²) in [5.41, 5.74) is 1.13. The van der Waals surface area contributed by atoms with E-state index in [0.717, 1.165) is 5.69 Å². The van der Waals surface area contributed by atoms with Gasteiger partial charge in [0.2, 0.25) is 0 Å². The van der Waals surface area contributed by atoms with E-state index in [-0.39, 0.29) is 5.78 Å². The zero-order chi connectivity index (χ0) is 11.4. The molecule has 1 fully saturated rings. The fourth-order valence-corrected chi connectivity index (χ4v) is 2.35. The topological polar surface area (TPSA) is 42.9 Å². The van der Waals surface area contributed by atoms with Crippen LogP contribution in [0.2, 0.25) is 0 Å². The van der Waals surface area contributed by atoms with Crippen molar-refractivity contribution in [2.24, 2.45) is 0 Å². The van der Waals surface area contributed by atoms with Crippen LogP contribution in [0.15, 0.2) is 12.3 Å². The summed E-state index contributed by atoms with van der Waals surface area (Å²) in [6.07, 6.45) is 8.57. The molecule has 3 nitrogen and oxygen atoms in total. The molecule has 0 spiro atoms. The monoisotopic (exact) mass is 218 g/mol. The van der Waals surface area contributed by atoms with E-state index in [2.05, 4.69) is 9.97 Å². The lowest BCUT2D eigenvalue weighted by Gasteiger charge is -2.21. The minimum absolute atomic E-state index is 0.126. The average Bonchev–Trinajstić information content (AvgIpc) is 2.30. The minimum atomic E-state index is 0.126. The third-order valence-corrected chi connectivity index (χ3v) is 3.16. The maximum Gasteiger partial charge on any atom is 0.137 e. The van der Waals surface area contributed by atoms with E-state index in [9.17, 15) is 4.79 Å². The Balaban J connectivity index is 2.11. The van der Waals surface area contributed by atoms with Crippen LogP contribution in [0.5, 0.6) is 0 Å². The summed E-state index contributed by atoms with van der Waals surface area (Å²) in [6.45, 7) is 1.58. The third-order valence-electron chi connectivity index (χ3n) is 3.16. The maximum atomic E-state index is 11.0. The predicted molar refractivity (Wildman–Crippen MR) is 62.2 cm³/mol. The summed E-state index contributed by atoms with van der Waals surface area (Å²) in [6, 6.07) is 2.00. The first-order chi connectivity index (χ1) is 7.75. The molecule has 0 unspecified atom stereocenters. The van der Waals surface area contributed by atoms with Crippen LogP contribution in [-0.4, -0.2) is 15.8 Å². The third kappa shape index (κ3) is 2.87. The van der Waals surface area contributed by atoms with Gasteiger partial charge < -0.3 is 0 Å². The highest BCUT2D eigenvalue weighted by molar-refractivity contribution is 5.77. The highest BCUT2D eigenvalue weighted by Crippen LogP contribution is 2.31. The maximum absolute atomic E-state index is 11.0. The minimum Gasteiger partial charge on any atom is -0.300 e. The van der Waals surface area contributed by atoms with Gasteiger partial charge in [0.15, 0.2) is 0 Å². The highest BCUT2D eigenvalue weighted by Gasteiger charge is 2.17. The van der Waals surface area contributed by atoms with E-state index in [1.807, 2.05) is 6.07 Å². The molecule has 1 aliphatic carbocycles. The molecule has 0 radical (unpaired) electrons. The molecule has 1 aliphatic rings. The molecule has 0 atom stereocenters. The van der Waals surface area contributed by atoms with E-state index in [4.69, 9.17) is 0 Å². The molecule has 0 aromatic carbocycles. The molecule has 0 bridgehead atoms. The first-order valence-electron chi connectivity index (χ1n) is 6.07. The first kappa shape index (κ1) is 11.2. The summed E-state index contributed by atoms with van der Waals surface area (Å²) < 4.78 is 0. The Kier molecular flexibility index (Phi) is 3.65. The van der Waals surface area contributed by atoms with Crippen molar-refractivity contribution in [2.75, 3.05) is 0 Å². The smallest absolute Gasteiger partial charge is 0.137 e. The predicted octanol–water partition coefficient (Wildman–Crippen LogP) is 2.66. The van der Waals surface area contributed by atoms with E-state index in [0.29, 0.717) is 18.2 Å². The van der Waals surface area contributed by atoms with Crippen LogP contribution >= 0.6 is 0 Å². The SMILES string of the molecule is CC(=O)Cc1nccc(C2CCCCC2)n1. The number of rotatable bonds is 3. The quantitative estimate of drug-likeness (QED) is 0.783. The average molecular weight is 218 g/mol. The summed E-state index contributed by atoms with van der Waals surface area (Å²) in [5, 5.41) is 0. The van der Waals surface area contributed by atoms with Gasteiger partial charge in [-0.1, -0.05) is 19.3 Å². The number of carbonyl (C=O) groups is 1. The molecule has 1 saturated carbocycles. The van der Waals surface area contributed by atoms with E-state index in [1.54, 1.807) is 13.1 Å². The summed E-state index contributed by atoms with van der Waals surface area (Å²) in [7, 11) is 0. The van der Waals surface area contributed by atoms with Crippen molar-refractivity contribution in [3.05, 3.63) is 23.8 Å². The number of ketones is 1. The lowest BCUT2D eigenvalue weighted by atomic mass is 9.87. The Bertz CT molecular complexity index is 370. The number of carbonyl (C=O) groups excluding carboxylic acids is 1. The largest absolute Gasteiger partial charge is 0.300 e. The molecule has 86 valence electrons. The first-order valence-corrected chi connectivity index (χ1v) is 6.07. The fourth-order valence-electron chi connectivity index (χ4n) is 2.35. The van der Waals surface area contributed by atoms with Gasteiger partial charge in [-0.05, 0) is 25.8 Å². The van der Waals surface area contributed by atoms with Gasteiger partial charge in [-0.25, -0.2) is 9.97 Å². The second-order valence-electron chi connectivity index (χ2n) is 4.61. The van der Waals surface area contributed by atoms with Crippen LogP contribution in [0.3, 0.4) is 0 Å². The molecule has 0 saturated heterocycles. The molecule has 0 amide bonds. The van der Waals surface area contributed by atoms with Crippen molar-refractivity contribution in [1.82, 2.24) is 9.97 Å². The van der Waals surface area contributed by atoms with Gasteiger partial charge in [0.25, 0.3) is 0 Å². The number of Topliss-reactive ketones (excluding diaryl/α,β-unsaturated/α-hetero) is 1. The van der Waals surface area contributed by atoms with Crippen molar-refractivity contribution >= 4 is 5.78 Å². The van der Waals surface area contributed by atoms with Crippen LogP contribution in [0.25, 0.3) is 0 Å². The van der Waals surface area contributed by atoms with Crippen molar-refractivity contribution in [2.45, 2.75) is 51.4 Å². The van der Waals surface area contributed by atoms with Gasteiger partial charge in [0.1, 0.15) is 11.6 Å². The van der Waals surface area contributed by atoms with E-state index >= 15 is 0 Å². The zero-order valence-corrected chi connectivity index (χ0v) is 9.78. The molecule has 0 N–H and O–H groups in total. The van der Waals surface area contributed by atoms with Gasteiger partial charge in [0, 0.05) is 17.8 Å². The molecule has 2 rings (SSSR count). The molecular weight excluding hydrogens is 200 g/mol. The molecule has 1 heterocycles. The Morgan fingerprint density at radius 3 is 2.81 bits per heavy atom. The summed E-state index contributed by atoms with van der Waals surface area (Å²) in [4.78, 5) is 19.7. The van der Waals surface area contributed by atoms with Gasteiger partial charge in [-0.3, -0.25) is 4.79 Å². The van der Waals surface area contributed by atoms with Crippen molar-refractivity contribution in [1.29, 1.82) is 0 Å². The van der Waals surface area contributed by atoms with E-state index < -0.39 is 0 Å². The molecule has 16 heavy (non-hydrogen) atoms. The van der Waals surface area contributed by atoms with Crippen LogP contribution in [0.1, 0.15) is 56.5 Å². The zero-order valence-electron chi connectivity index (χ0n) is 9.78. The molecule has 0 aliphatic heterocycles. The Hall–Kier alpha value is -1.25. The van der Waals surface area contributed by atoms with Crippen molar-refractivity contribution in [3.63, 3.8) is 0 Å². The van der Waals surface area contributed by atoms with Crippen molar-refractivity contribution in [3.8, 4) is 0 Å². The highest BCUT2D eigenvalue weighted by atomic mass is 16.1. The standard InChI is InChI=1S/C13H18N2O/c1-10(16)9-13-14-8-7-12(15-13)11-5-3-2-4-6-11/h7-8,11H,2-6,9H2,1H3. The second-order valence-corrected chi connectivity index (χ2v) is 4.61. The van der Waals surface area contributed by atoms with Gasteiger partial charge in [-0.2, -0.15) is 0 Å². The fraction of sp³-hybridized carbons (Fsp3) is 0.615. The number of hydrogen-bond acceptors (Lipinski definition) is 3. The number of aromatic nitrogens is 2. The number of hydrogen-bond donors (Lipinski definition) is 0. The molecular formula is C13H18N2O. The lowest BCUT2D eigenvalue weighted by molar-refractivity contribution is -0.116. The van der Waals surface area contributed by atoms with Crippen LogP contribution in [0.4, 0.5) is 0 Å². The molecule has 1 aromatic rings. The molecule has 3 heteroatoms. The van der Waals surface area contributed by atoms with Crippen LogP contribution in [-0.2, 0) is 11.2 Å². The summed E-state index contributed by atoms with van der Waals surface area (Å²) >= 11 is 0. The Morgan fingerprint density at radius 1 is 1.38 bits per heavy atom. The van der Waals surface area contributed by atoms with Crippen LogP contribution in [0, 0.1) is 0 Å². The van der Waals surface area contributed by atoms with E-state index in [1.165, 1.54) is 32.1 Å². The van der Waals surface area contributed by atoms with Gasteiger partial charge in [0.05, 0.1) is 6.42 Å². The van der Waals surface area contributed by atoms with Crippen molar-refractivity contribution < 1.29 is 4.79 Å². The Labute approximate surface area is 96.3 Å². The van der Waals surface area contributed by atoms with Gasteiger partial charge in [-0.15, -0.1) is 0 Å². The van der Waals surface area contributed by atoms with Gasteiger partial charge >= 0.3 is 0 Å². The van der Waals surface area contributed by atoms with Crippen LogP contribution < -0.4 is 0 Å². The second kappa shape index (κ2) is 5.19. The molecule has 1 aromatic heterocycles.